The number of ether oxygens (including phenoxy) is 2. The number of fused-ring (bicyclic) bond motifs is 1. The largest absolute Gasteiger partial charge is 0.493 e. The maximum atomic E-state index is 13.2. The number of hydrogen-bond donors (Lipinski definition) is 3. The van der Waals surface area contributed by atoms with Gasteiger partial charge in [-0.05, 0) is 49.9 Å². The molecule has 1 heterocycles. The Balaban J connectivity index is 1.76. The molecule has 0 bridgehead atoms. The van der Waals surface area contributed by atoms with Gasteiger partial charge in [-0.2, -0.15) is 0 Å². The number of carbonyl (C=O) groups excluding carboxylic acids is 2. The van der Waals surface area contributed by atoms with E-state index < -0.39 is 0 Å². The van der Waals surface area contributed by atoms with E-state index in [1.807, 2.05) is 74.6 Å². The van der Waals surface area contributed by atoms with Crippen LogP contribution >= 0.6 is 0 Å². The molecule has 8 heteroatoms. The van der Waals surface area contributed by atoms with Crippen molar-refractivity contribution in [2.75, 3.05) is 43.3 Å². The summed E-state index contributed by atoms with van der Waals surface area (Å²) in [5.41, 5.74) is 4.96. The monoisotopic (exact) mass is 500 g/mol. The van der Waals surface area contributed by atoms with Crippen LogP contribution in [0.5, 0.6) is 11.5 Å². The van der Waals surface area contributed by atoms with Gasteiger partial charge in [-0.3, -0.25) is 9.59 Å². The van der Waals surface area contributed by atoms with Crippen LogP contribution in [0.1, 0.15) is 25.0 Å². The van der Waals surface area contributed by atoms with E-state index in [1.165, 1.54) is 0 Å². The summed E-state index contributed by atoms with van der Waals surface area (Å²) in [7, 11) is 5.00. The fourth-order valence-corrected chi connectivity index (χ4v) is 4.28. The second-order valence-electron chi connectivity index (χ2n) is 8.81. The van der Waals surface area contributed by atoms with Gasteiger partial charge in [0.1, 0.15) is 0 Å². The average Bonchev–Trinajstić information content (AvgIpc) is 3.24. The Kier molecular flexibility index (Phi) is 7.79. The highest BCUT2D eigenvalue weighted by molar-refractivity contribution is 6.37. The molecule has 0 fully saturated rings. The molecule has 3 aromatic carbocycles. The van der Waals surface area contributed by atoms with Crippen molar-refractivity contribution in [1.29, 1.82) is 0 Å². The van der Waals surface area contributed by atoms with Gasteiger partial charge in [0.05, 0.1) is 31.2 Å². The standard InChI is InChI=1S/C29H32N4O4/c1-18(30-3)17-33(19(2)34)22-13-11-21(12-14-22)31-28(20-9-7-6-8-10-20)27-23-15-25(36-4)26(37-5)16-24(23)32-29(27)35/h6-16,18,30-31H,17H2,1-5H3,(H,32,35)/b28-27-. The minimum atomic E-state index is -0.225. The normalized spacial score (nSPS) is 14.4. The summed E-state index contributed by atoms with van der Waals surface area (Å²) in [6.45, 7) is 4.14. The first-order valence-electron chi connectivity index (χ1n) is 12.1. The summed E-state index contributed by atoms with van der Waals surface area (Å²) in [6, 6.07) is 21.0. The molecule has 0 aliphatic carbocycles. The minimum Gasteiger partial charge on any atom is -0.493 e. The van der Waals surface area contributed by atoms with E-state index in [9.17, 15) is 9.59 Å². The van der Waals surface area contributed by atoms with Crippen LogP contribution in [-0.4, -0.2) is 45.7 Å². The van der Waals surface area contributed by atoms with Gasteiger partial charge in [-0.15, -0.1) is 0 Å². The van der Waals surface area contributed by atoms with Crippen LogP contribution in [0.4, 0.5) is 17.1 Å². The quantitative estimate of drug-likeness (QED) is 0.372. The smallest absolute Gasteiger partial charge is 0.258 e. The van der Waals surface area contributed by atoms with Crippen molar-refractivity contribution >= 4 is 40.1 Å². The van der Waals surface area contributed by atoms with E-state index in [0.29, 0.717) is 35.0 Å². The topological polar surface area (TPSA) is 91.9 Å². The van der Waals surface area contributed by atoms with Crippen LogP contribution < -0.4 is 30.3 Å². The van der Waals surface area contributed by atoms with Gasteiger partial charge < -0.3 is 30.3 Å². The molecule has 1 unspecified atom stereocenters. The highest BCUT2D eigenvalue weighted by Crippen LogP contribution is 2.43. The molecule has 0 aromatic heterocycles. The SMILES string of the molecule is CNC(C)CN(C(C)=O)c1ccc(N/C(=C2\C(=O)Nc3cc(OC)c(OC)cc32)c2ccccc2)cc1. The molecule has 1 atom stereocenters. The van der Waals surface area contributed by atoms with E-state index in [2.05, 4.69) is 16.0 Å². The summed E-state index contributed by atoms with van der Waals surface area (Å²) in [4.78, 5) is 27.3. The fourth-order valence-electron chi connectivity index (χ4n) is 4.28. The van der Waals surface area contributed by atoms with Crippen LogP contribution in [0.2, 0.25) is 0 Å². The zero-order valence-electron chi connectivity index (χ0n) is 21.7. The van der Waals surface area contributed by atoms with Crippen LogP contribution in [0, 0.1) is 0 Å². The van der Waals surface area contributed by atoms with Crippen LogP contribution in [-0.2, 0) is 9.59 Å². The van der Waals surface area contributed by atoms with Crippen LogP contribution in [0.25, 0.3) is 11.3 Å². The van der Waals surface area contributed by atoms with Gasteiger partial charge in [0.2, 0.25) is 5.91 Å². The van der Waals surface area contributed by atoms with Gasteiger partial charge in [0.15, 0.2) is 11.5 Å². The van der Waals surface area contributed by atoms with E-state index in [1.54, 1.807) is 32.1 Å². The second-order valence-corrected chi connectivity index (χ2v) is 8.81. The van der Waals surface area contributed by atoms with Gasteiger partial charge in [-0.1, -0.05) is 30.3 Å². The first-order chi connectivity index (χ1) is 17.9. The molecule has 0 saturated heterocycles. The Hall–Kier alpha value is -4.30. The number of likely N-dealkylation sites (N-methyl/N-ethyl adjacent to an activating group) is 1. The maximum absolute atomic E-state index is 13.2. The molecule has 8 nitrogen and oxygen atoms in total. The molecule has 1 aliphatic heterocycles. The van der Waals surface area contributed by atoms with Crippen molar-refractivity contribution in [1.82, 2.24) is 5.32 Å². The Labute approximate surface area is 217 Å². The lowest BCUT2D eigenvalue weighted by atomic mass is 9.99. The van der Waals surface area contributed by atoms with Gasteiger partial charge in [-0.25, -0.2) is 0 Å². The number of nitrogens with zero attached hydrogens (tertiary/aromatic N) is 1. The molecule has 37 heavy (non-hydrogen) atoms. The highest BCUT2D eigenvalue weighted by Gasteiger charge is 2.30. The number of methoxy groups -OCH3 is 2. The minimum absolute atomic E-state index is 0.0292. The van der Waals surface area contributed by atoms with E-state index >= 15 is 0 Å². The molecule has 0 spiro atoms. The second kappa shape index (κ2) is 11.2. The summed E-state index contributed by atoms with van der Waals surface area (Å²) >= 11 is 0. The Morgan fingerprint density at radius 3 is 2.24 bits per heavy atom. The molecular formula is C29H32N4O4. The van der Waals surface area contributed by atoms with E-state index in [0.717, 1.165) is 22.5 Å². The van der Waals surface area contributed by atoms with Crippen molar-refractivity contribution in [3.05, 3.63) is 77.9 Å². The Bertz CT molecular complexity index is 1320. The third kappa shape index (κ3) is 5.44. The highest BCUT2D eigenvalue weighted by atomic mass is 16.5. The van der Waals surface area contributed by atoms with E-state index in [4.69, 9.17) is 9.47 Å². The number of amides is 2. The van der Waals surface area contributed by atoms with Crippen molar-refractivity contribution in [2.24, 2.45) is 0 Å². The molecule has 2 amide bonds. The molecule has 4 rings (SSSR count). The molecule has 192 valence electrons. The Morgan fingerprint density at radius 1 is 1.00 bits per heavy atom. The number of anilines is 3. The lowest BCUT2D eigenvalue weighted by molar-refractivity contribution is -0.116. The van der Waals surface area contributed by atoms with Crippen molar-refractivity contribution in [2.45, 2.75) is 19.9 Å². The molecule has 0 radical (unpaired) electrons. The third-order valence-corrected chi connectivity index (χ3v) is 6.36. The predicted molar refractivity (Wildman–Crippen MR) is 148 cm³/mol. The van der Waals surface area contributed by atoms with E-state index in [-0.39, 0.29) is 17.9 Å². The number of nitrogens with one attached hydrogen (secondary N) is 3. The first-order valence-corrected chi connectivity index (χ1v) is 12.1. The lowest BCUT2D eigenvalue weighted by Gasteiger charge is -2.25. The van der Waals surface area contributed by atoms with Crippen molar-refractivity contribution < 1.29 is 19.1 Å². The molecule has 3 N–H and O–H groups in total. The lowest BCUT2D eigenvalue weighted by Crippen LogP contribution is -2.40. The average molecular weight is 501 g/mol. The molecular weight excluding hydrogens is 468 g/mol. The van der Waals surface area contributed by atoms with Gasteiger partial charge in [0.25, 0.3) is 5.91 Å². The molecule has 0 saturated carbocycles. The zero-order chi connectivity index (χ0) is 26.5. The summed E-state index contributed by atoms with van der Waals surface area (Å²) in [5.74, 6) is 0.818. The number of rotatable bonds is 9. The maximum Gasteiger partial charge on any atom is 0.258 e. The zero-order valence-corrected chi connectivity index (χ0v) is 21.7. The summed E-state index contributed by atoms with van der Waals surface area (Å²) in [5, 5.41) is 9.57. The first kappa shape index (κ1) is 25.8. The molecule has 1 aliphatic rings. The third-order valence-electron chi connectivity index (χ3n) is 6.36. The fraction of sp³-hybridized carbons (Fsp3) is 0.241. The van der Waals surface area contributed by atoms with Crippen LogP contribution in [0.3, 0.4) is 0 Å². The summed E-state index contributed by atoms with van der Waals surface area (Å²) < 4.78 is 10.9. The Morgan fingerprint density at radius 2 is 1.65 bits per heavy atom. The van der Waals surface area contributed by atoms with Gasteiger partial charge in [0, 0.05) is 42.5 Å². The summed E-state index contributed by atoms with van der Waals surface area (Å²) in [6.07, 6.45) is 0. The number of carbonyl (C=O) groups is 2. The van der Waals surface area contributed by atoms with Gasteiger partial charge >= 0.3 is 0 Å². The number of benzene rings is 3. The van der Waals surface area contributed by atoms with Crippen molar-refractivity contribution in [3.63, 3.8) is 0 Å². The van der Waals surface area contributed by atoms with Crippen molar-refractivity contribution in [3.8, 4) is 11.5 Å². The van der Waals surface area contributed by atoms with Crippen LogP contribution in [0.15, 0.2) is 66.7 Å². The predicted octanol–water partition coefficient (Wildman–Crippen LogP) is 4.60. The molecule has 3 aromatic rings. The number of hydrogen-bond acceptors (Lipinski definition) is 6.